The summed E-state index contributed by atoms with van der Waals surface area (Å²) in [5.74, 6) is 0.135. The Labute approximate surface area is 214 Å². The van der Waals surface area contributed by atoms with Crippen molar-refractivity contribution in [3.63, 3.8) is 0 Å². The lowest BCUT2D eigenvalue weighted by molar-refractivity contribution is -0.112. The fourth-order valence-corrected chi connectivity index (χ4v) is 4.89. The number of esters is 1. The third-order valence-electron chi connectivity index (χ3n) is 5.89. The van der Waals surface area contributed by atoms with Gasteiger partial charge in [0.25, 0.3) is 0 Å². The van der Waals surface area contributed by atoms with Crippen molar-refractivity contribution in [2.45, 2.75) is 30.0 Å². The quantitative estimate of drug-likeness (QED) is 0.240. The van der Waals surface area contributed by atoms with Crippen molar-refractivity contribution in [1.29, 1.82) is 0 Å². The summed E-state index contributed by atoms with van der Waals surface area (Å²) in [6, 6.07) is 16.3. The fourth-order valence-electron chi connectivity index (χ4n) is 3.91. The molecule has 8 heteroatoms. The fraction of sp³-hybridized carbons (Fsp3) is 0.250. The number of ketones is 1. The maximum Gasteiger partial charge on any atom is 0.337 e. The Hall–Kier alpha value is -3.62. The molecule has 3 aromatic rings. The number of para-hydroxylation sites is 1. The zero-order chi connectivity index (χ0) is 25.5. The van der Waals surface area contributed by atoms with Crippen LogP contribution in [0.4, 0.5) is 0 Å². The molecule has 1 unspecified atom stereocenters. The number of ether oxygens (including phenoxy) is 2. The number of hydrogen-bond acceptors (Lipinski definition) is 7. The highest BCUT2D eigenvalue weighted by Crippen LogP contribution is 2.42. The normalized spacial score (nSPS) is 18.4. The Morgan fingerprint density at radius 3 is 2.56 bits per heavy atom. The number of Topliss-reactive ketones (excluding diaryl/α,β-unsaturated/α-hetero) is 1. The molecule has 0 bridgehead atoms. The average Bonchev–Trinajstić information content (AvgIpc) is 3.40. The largest absolute Gasteiger partial charge is 0.494 e. The highest BCUT2D eigenvalue weighted by molar-refractivity contribution is 8.03. The summed E-state index contributed by atoms with van der Waals surface area (Å²) in [4.78, 5) is 29.9. The molecular formula is C28H28N2O5S. The van der Waals surface area contributed by atoms with Gasteiger partial charge in [-0.05, 0) is 73.0 Å². The zero-order valence-electron chi connectivity index (χ0n) is 20.2. The Morgan fingerprint density at radius 2 is 1.89 bits per heavy atom. The van der Waals surface area contributed by atoms with Gasteiger partial charge in [-0.3, -0.25) is 4.79 Å². The molecule has 4 rings (SSSR count). The molecule has 1 heterocycles. The average molecular weight is 505 g/mol. The van der Waals surface area contributed by atoms with Crippen LogP contribution in [-0.4, -0.2) is 45.7 Å². The number of thioether (sulfide) groups is 1. The molecular weight excluding hydrogens is 476 g/mol. The number of rotatable bonds is 10. The summed E-state index contributed by atoms with van der Waals surface area (Å²) in [5.41, 5.74) is -0.00376. The molecule has 2 aromatic carbocycles. The number of carbonyl (C=O) groups excluding carboxylic acids is 2. The molecule has 0 saturated heterocycles. The van der Waals surface area contributed by atoms with Crippen molar-refractivity contribution in [2.24, 2.45) is 7.05 Å². The molecule has 7 nitrogen and oxygen atoms in total. The summed E-state index contributed by atoms with van der Waals surface area (Å²) in [5, 5.41) is 12.3. The number of imidazole rings is 1. The van der Waals surface area contributed by atoms with Gasteiger partial charge in [0.05, 0.1) is 24.2 Å². The van der Waals surface area contributed by atoms with Crippen LogP contribution in [0.15, 0.2) is 88.7 Å². The second-order valence-corrected chi connectivity index (χ2v) is 9.48. The lowest BCUT2D eigenvalue weighted by Crippen LogP contribution is -2.28. The number of aromatic nitrogens is 2. The first-order valence-corrected chi connectivity index (χ1v) is 12.4. The van der Waals surface area contributed by atoms with Gasteiger partial charge < -0.3 is 19.1 Å². The highest BCUT2D eigenvalue weighted by atomic mass is 32.2. The summed E-state index contributed by atoms with van der Waals surface area (Å²) in [6.07, 6.45) is 8.55. The monoisotopic (exact) mass is 504 g/mol. The van der Waals surface area contributed by atoms with E-state index in [1.807, 2.05) is 41.9 Å². The van der Waals surface area contributed by atoms with E-state index in [2.05, 4.69) is 4.98 Å². The first-order chi connectivity index (χ1) is 17.4. The van der Waals surface area contributed by atoms with Crippen molar-refractivity contribution in [3.8, 4) is 5.75 Å². The van der Waals surface area contributed by atoms with Crippen molar-refractivity contribution in [3.05, 3.63) is 94.7 Å². The molecule has 0 fully saturated rings. The van der Waals surface area contributed by atoms with Crippen LogP contribution in [0, 0.1) is 0 Å². The number of benzene rings is 2. The second kappa shape index (κ2) is 11.4. The molecule has 1 aliphatic carbocycles. The van der Waals surface area contributed by atoms with Crippen molar-refractivity contribution >= 4 is 29.6 Å². The van der Waals surface area contributed by atoms with Gasteiger partial charge in [-0.2, -0.15) is 0 Å². The lowest BCUT2D eigenvalue weighted by atomic mass is 9.89. The molecule has 0 aliphatic heterocycles. The molecule has 1 aliphatic rings. The standard InChI is InChI=1S/C28H28N2O5S/c1-30-16-15-29-27(30)36-24-19-28(33,14-6-7-17-35-22-8-4-3-5-9-22)23(25(24)31)18-20-10-12-21(13-11-20)26(32)34-2/h3-5,8-13,15-16,18-19,33H,6-7,14,17H2,1-2H3/b23-18+. The number of aryl methyl sites for hydroxylation is 1. The van der Waals surface area contributed by atoms with Crippen molar-refractivity contribution in [2.75, 3.05) is 13.7 Å². The maximum absolute atomic E-state index is 13.4. The molecule has 186 valence electrons. The molecule has 36 heavy (non-hydrogen) atoms. The molecule has 0 amide bonds. The van der Waals surface area contributed by atoms with Crippen LogP contribution in [0.25, 0.3) is 6.08 Å². The van der Waals surface area contributed by atoms with E-state index in [0.717, 1.165) is 12.2 Å². The molecule has 1 N–H and O–H groups in total. The van der Waals surface area contributed by atoms with E-state index >= 15 is 0 Å². The van der Waals surface area contributed by atoms with E-state index in [0.29, 0.717) is 46.2 Å². The predicted molar refractivity (Wildman–Crippen MR) is 139 cm³/mol. The molecule has 0 spiro atoms. The number of unbranched alkanes of at least 4 members (excludes halogenated alkanes) is 1. The number of aliphatic hydroxyl groups is 1. The van der Waals surface area contributed by atoms with Crippen molar-refractivity contribution in [1.82, 2.24) is 9.55 Å². The summed E-state index contributed by atoms with van der Waals surface area (Å²) >= 11 is 1.24. The van der Waals surface area contributed by atoms with E-state index in [1.54, 1.807) is 48.8 Å². The first-order valence-electron chi connectivity index (χ1n) is 11.6. The molecule has 0 radical (unpaired) electrons. The summed E-state index contributed by atoms with van der Waals surface area (Å²) < 4.78 is 12.3. The number of nitrogens with zero attached hydrogens (tertiary/aromatic N) is 2. The number of hydrogen-bond donors (Lipinski definition) is 1. The Balaban J connectivity index is 1.52. The minimum atomic E-state index is -1.42. The third kappa shape index (κ3) is 5.95. The van der Waals surface area contributed by atoms with Gasteiger partial charge in [-0.25, -0.2) is 9.78 Å². The van der Waals surface area contributed by atoms with Gasteiger partial charge in [-0.1, -0.05) is 30.3 Å². The van der Waals surface area contributed by atoms with Crippen LogP contribution >= 0.6 is 11.8 Å². The van der Waals surface area contributed by atoms with Gasteiger partial charge in [0, 0.05) is 25.0 Å². The molecule has 1 aromatic heterocycles. The van der Waals surface area contributed by atoms with E-state index in [1.165, 1.54) is 18.9 Å². The molecule has 1 atom stereocenters. The predicted octanol–water partition coefficient (Wildman–Crippen LogP) is 4.83. The van der Waals surface area contributed by atoms with Gasteiger partial charge in [-0.15, -0.1) is 0 Å². The molecule has 0 saturated carbocycles. The van der Waals surface area contributed by atoms with Crippen molar-refractivity contribution < 1.29 is 24.2 Å². The van der Waals surface area contributed by atoms with Crippen LogP contribution < -0.4 is 4.74 Å². The highest BCUT2D eigenvalue weighted by Gasteiger charge is 2.42. The number of allylic oxidation sites excluding steroid dienone is 1. The van der Waals surface area contributed by atoms with E-state index in [-0.39, 0.29) is 5.78 Å². The third-order valence-corrected chi connectivity index (χ3v) is 6.99. The number of carbonyl (C=O) groups is 2. The van der Waals surface area contributed by atoms with Crippen LogP contribution in [0.2, 0.25) is 0 Å². The minimum absolute atomic E-state index is 0.233. The van der Waals surface area contributed by atoms with Crippen LogP contribution in [-0.2, 0) is 16.6 Å². The number of methoxy groups -OCH3 is 1. The maximum atomic E-state index is 13.4. The van der Waals surface area contributed by atoms with Gasteiger partial charge in [0.1, 0.15) is 11.4 Å². The SMILES string of the molecule is COC(=O)c1ccc(/C=C2\C(=O)C(Sc3nccn3C)=CC2(O)CCCCOc2ccccc2)cc1. The van der Waals surface area contributed by atoms with Gasteiger partial charge >= 0.3 is 5.97 Å². The lowest BCUT2D eigenvalue weighted by Gasteiger charge is -2.22. The Bertz CT molecular complexity index is 1280. The van der Waals surface area contributed by atoms with E-state index in [9.17, 15) is 14.7 Å². The Morgan fingerprint density at radius 1 is 1.14 bits per heavy atom. The topological polar surface area (TPSA) is 90.7 Å². The smallest absolute Gasteiger partial charge is 0.337 e. The van der Waals surface area contributed by atoms with Crippen LogP contribution in [0.5, 0.6) is 5.75 Å². The van der Waals surface area contributed by atoms with Crippen LogP contribution in [0.1, 0.15) is 35.2 Å². The zero-order valence-corrected chi connectivity index (χ0v) is 21.0. The van der Waals surface area contributed by atoms with Gasteiger partial charge in [0.2, 0.25) is 0 Å². The minimum Gasteiger partial charge on any atom is -0.494 e. The summed E-state index contributed by atoms with van der Waals surface area (Å²) in [6.45, 7) is 0.515. The first kappa shape index (κ1) is 25.5. The van der Waals surface area contributed by atoms with Crippen LogP contribution in [0.3, 0.4) is 0 Å². The summed E-state index contributed by atoms with van der Waals surface area (Å²) in [7, 11) is 3.18. The van der Waals surface area contributed by atoms with E-state index < -0.39 is 11.6 Å². The van der Waals surface area contributed by atoms with Gasteiger partial charge in [0.15, 0.2) is 10.9 Å². The second-order valence-electron chi connectivity index (χ2n) is 8.47. The van der Waals surface area contributed by atoms with E-state index in [4.69, 9.17) is 9.47 Å². The Kier molecular flexibility index (Phi) is 8.07.